The number of amidine groups is 1. The second-order valence-corrected chi connectivity index (χ2v) is 5.58. The second kappa shape index (κ2) is 5.15. The lowest BCUT2D eigenvalue weighted by molar-refractivity contribution is 0.126. The van der Waals surface area contributed by atoms with Crippen molar-refractivity contribution in [3.63, 3.8) is 0 Å². The van der Waals surface area contributed by atoms with Gasteiger partial charge in [0, 0.05) is 26.2 Å². The molecule has 2 atom stereocenters. The molecule has 1 spiro atoms. The van der Waals surface area contributed by atoms with Gasteiger partial charge in [-0.05, 0) is 32.4 Å². The van der Waals surface area contributed by atoms with Gasteiger partial charge < -0.3 is 15.4 Å². The average Bonchev–Trinajstić information content (AvgIpc) is 2.83. The Balaban J connectivity index is 1.82. The highest BCUT2D eigenvalue weighted by Gasteiger charge is 2.49. The number of piperazine rings is 1. The maximum absolute atomic E-state index is 5.12. The van der Waals surface area contributed by atoms with E-state index in [1.165, 1.54) is 38.2 Å². The molecule has 3 rings (SSSR count). The van der Waals surface area contributed by atoms with Gasteiger partial charge in [-0.2, -0.15) is 0 Å². The lowest BCUT2D eigenvalue weighted by atomic mass is 9.83. The molecule has 0 aromatic carbocycles. The van der Waals surface area contributed by atoms with E-state index >= 15 is 0 Å². The minimum atomic E-state index is 0.186. The highest BCUT2D eigenvalue weighted by molar-refractivity contribution is 5.93. The fraction of sp³-hybridized carbons (Fsp3) is 0.923. The van der Waals surface area contributed by atoms with Crippen molar-refractivity contribution in [1.29, 1.82) is 0 Å². The van der Waals surface area contributed by atoms with Crippen molar-refractivity contribution in [3.05, 3.63) is 0 Å². The Labute approximate surface area is 109 Å². The monoisotopic (exact) mass is 252 g/mol. The van der Waals surface area contributed by atoms with Crippen LogP contribution in [0.25, 0.3) is 0 Å². The first-order chi connectivity index (χ1) is 8.85. The summed E-state index contributed by atoms with van der Waals surface area (Å²) >= 11 is 0. The number of piperidine rings is 1. The normalized spacial score (nSPS) is 35.9. The molecule has 3 aliphatic heterocycles. The van der Waals surface area contributed by atoms with E-state index in [1.54, 1.807) is 7.11 Å². The summed E-state index contributed by atoms with van der Waals surface area (Å²) in [5.41, 5.74) is 0.186. The number of hydrogen-bond acceptors (Lipinski definition) is 4. The molecule has 2 N–H and O–H groups in total. The molecule has 18 heavy (non-hydrogen) atoms. The summed E-state index contributed by atoms with van der Waals surface area (Å²) in [5, 5.41) is 7.16. The molecule has 5 nitrogen and oxygen atoms in total. The third-order valence-corrected chi connectivity index (χ3v) is 4.57. The highest BCUT2D eigenvalue weighted by atomic mass is 16.5. The zero-order chi connectivity index (χ0) is 12.4. The molecule has 3 fully saturated rings. The molecule has 0 saturated carbocycles. The van der Waals surface area contributed by atoms with E-state index in [0.29, 0.717) is 12.6 Å². The molecule has 0 amide bonds. The number of fused-ring (bicyclic) bond motifs is 3. The molecule has 0 aromatic heterocycles. The molecule has 3 aliphatic rings. The largest absolute Gasteiger partial charge is 0.383 e. The van der Waals surface area contributed by atoms with Crippen LogP contribution in [0.2, 0.25) is 0 Å². The first kappa shape index (κ1) is 12.4. The molecule has 2 bridgehead atoms. The van der Waals surface area contributed by atoms with E-state index in [2.05, 4.69) is 15.5 Å². The molecule has 3 heterocycles. The number of aliphatic imine (C=N–C) groups is 1. The van der Waals surface area contributed by atoms with E-state index in [4.69, 9.17) is 9.73 Å². The molecular formula is C13H24N4O. The third-order valence-electron chi connectivity index (χ3n) is 4.57. The molecule has 102 valence electrons. The van der Waals surface area contributed by atoms with Crippen LogP contribution in [-0.4, -0.2) is 68.8 Å². The van der Waals surface area contributed by atoms with Crippen LogP contribution in [0.5, 0.6) is 0 Å². The first-order valence-corrected chi connectivity index (χ1v) is 7.11. The van der Waals surface area contributed by atoms with Crippen molar-refractivity contribution >= 4 is 5.84 Å². The molecule has 0 radical (unpaired) electrons. The maximum atomic E-state index is 5.12. The van der Waals surface area contributed by atoms with Gasteiger partial charge in [0.1, 0.15) is 5.84 Å². The maximum Gasteiger partial charge on any atom is 0.117 e. The van der Waals surface area contributed by atoms with Gasteiger partial charge in [-0.1, -0.05) is 0 Å². The number of hydrogen-bond donors (Lipinski definition) is 2. The minimum Gasteiger partial charge on any atom is -0.383 e. The Morgan fingerprint density at radius 3 is 3.06 bits per heavy atom. The van der Waals surface area contributed by atoms with Crippen LogP contribution < -0.4 is 10.6 Å². The van der Waals surface area contributed by atoms with Crippen molar-refractivity contribution in [3.8, 4) is 0 Å². The summed E-state index contributed by atoms with van der Waals surface area (Å²) in [5.74, 6) is 1.23. The van der Waals surface area contributed by atoms with Crippen LogP contribution in [-0.2, 0) is 4.74 Å². The standard InChI is InChI=1S/C13H24N4O/c1-18-9-7-15-12-13(3-5-14-6-4-13)17-8-2-11(10-17)16-12/h11,14H,2-10H2,1H3,(H,15,16)/t11-/m1/s1. The van der Waals surface area contributed by atoms with Gasteiger partial charge in [-0.3, -0.25) is 9.89 Å². The smallest absolute Gasteiger partial charge is 0.117 e. The van der Waals surface area contributed by atoms with Gasteiger partial charge in [0.05, 0.1) is 18.7 Å². The first-order valence-electron chi connectivity index (χ1n) is 7.11. The Morgan fingerprint density at radius 2 is 2.28 bits per heavy atom. The molecule has 0 aliphatic carbocycles. The zero-order valence-electron chi connectivity index (χ0n) is 11.2. The zero-order valence-corrected chi connectivity index (χ0v) is 11.2. The van der Waals surface area contributed by atoms with E-state index in [1.807, 2.05) is 0 Å². The van der Waals surface area contributed by atoms with Crippen LogP contribution in [0.1, 0.15) is 19.3 Å². The van der Waals surface area contributed by atoms with Gasteiger partial charge >= 0.3 is 0 Å². The SMILES string of the molecule is COCCN=C1N[C@@H]2CCN(C2)C12CCNCC2. The lowest BCUT2D eigenvalue weighted by Crippen LogP contribution is -2.67. The van der Waals surface area contributed by atoms with Crippen molar-refractivity contribution < 1.29 is 4.74 Å². The second-order valence-electron chi connectivity index (χ2n) is 5.58. The third kappa shape index (κ3) is 2.04. The molecule has 5 heteroatoms. The molecule has 3 saturated heterocycles. The van der Waals surface area contributed by atoms with Crippen LogP contribution in [0, 0.1) is 0 Å². The van der Waals surface area contributed by atoms with E-state index in [9.17, 15) is 0 Å². The van der Waals surface area contributed by atoms with Gasteiger partial charge in [-0.15, -0.1) is 0 Å². The summed E-state index contributed by atoms with van der Waals surface area (Å²) in [4.78, 5) is 7.47. The van der Waals surface area contributed by atoms with E-state index in [0.717, 1.165) is 19.6 Å². The predicted octanol–water partition coefficient (Wildman–Crippen LogP) is -0.169. The fourth-order valence-electron chi connectivity index (χ4n) is 3.58. The summed E-state index contributed by atoms with van der Waals surface area (Å²) in [7, 11) is 1.74. The summed E-state index contributed by atoms with van der Waals surface area (Å²) in [6.07, 6.45) is 3.62. The molecule has 1 unspecified atom stereocenters. The molecular weight excluding hydrogens is 228 g/mol. The van der Waals surface area contributed by atoms with Gasteiger partial charge in [0.15, 0.2) is 0 Å². The van der Waals surface area contributed by atoms with Gasteiger partial charge in [0.25, 0.3) is 0 Å². The fourth-order valence-corrected chi connectivity index (χ4v) is 3.58. The summed E-state index contributed by atoms with van der Waals surface area (Å²) in [6.45, 7) is 6.11. The number of nitrogens with one attached hydrogen (secondary N) is 2. The van der Waals surface area contributed by atoms with Crippen LogP contribution in [0.3, 0.4) is 0 Å². The quantitative estimate of drug-likeness (QED) is 0.685. The number of ether oxygens (including phenoxy) is 1. The predicted molar refractivity (Wildman–Crippen MR) is 72.1 cm³/mol. The topological polar surface area (TPSA) is 48.9 Å². The Kier molecular flexibility index (Phi) is 3.54. The van der Waals surface area contributed by atoms with Crippen LogP contribution >= 0.6 is 0 Å². The minimum absolute atomic E-state index is 0.186. The van der Waals surface area contributed by atoms with E-state index < -0.39 is 0 Å². The summed E-state index contributed by atoms with van der Waals surface area (Å²) < 4.78 is 5.12. The van der Waals surface area contributed by atoms with Crippen LogP contribution in [0.15, 0.2) is 4.99 Å². The highest BCUT2D eigenvalue weighted by Crippen LogP contribution is 2.34. The Bertz CT molecular complexity index is 325. The number of nitrogens with zero attached hydrogens (tertiary/aromatic N) is 2. The Morgan fingerprint density at radius 1 is 1.44 bits per heavy atom. The van der Waals surface area contributed by atoms with Crippen molar-refractivity contribution in [2.45, 2.75) is 30.8 Å². The van der Waals surface area contributed by atoms with Crippen molar-refractivity contribution in [2.75, 3.05) is 46.4 Å². The number of rotatable bonds is 3. The Hall–Kier alpha value is -0.650. The van der Waals surface area contributed by atoms with Crippen molar-refractivity contribution in [1.82, 2.24) is 15.5 Å². The van der Waals surface area contributed by atoms with Crippen molar-refractivity contribution in [2.24, 2.45) is 4.99 Å². The number of methoxy groups -OCH3 is 1. The van der Waals surface area contributed by atoms with Gasteiger partial charge in [-0.25, -0.2) is 0 Å². The molecule has 0 aromatic rings. The van der Waals surface area contributed by atoms with Gasteiger partial charge in [0.2, 0.25) is 0 Å². The van der Waals surface area contributed by atoms with Crippen LogP contribution in [0.4, 0.5) is 0 Å². The summed E-state index contributed by atoms with van der Waals surface area (Å²) in [6, 6.07) is 0.617. The lowest BCUT2D eigenvalue weighted by Gasteiger charge is -2.48. The average molecular weight is 252 g/mol. The van der Waals surface area contributed by atoms with E-state index in [-0.39, 0.29) is 5.54 Å².